The van der Waals surface area contributed by atoms with Crippen molar-refractivity contribution in [3.8, 4) is 9.75 Å². The van der Waals surface area contributed by atoms with Crippen LogP contribution in [0, 0.1) is 0 Å². The molecule has 6 aromatic rings. The monoisotopic (exact) mass is 456 g/mol. The number of aromatic nitrogens is 3. The topological polar surface area (TPSA) is 62.8 Å². The Morgan fingerprint density at radius 3 is 2.81 bits per heavy atom. The van der Waals surface area contributed by atoms with E-state index in [0.717, 1.165) is 33.8 Å². The molecule has 0 saturated heterocycles. The Balaban J connectivity index is 1.35. The molecular formula is C25H20N4OS2. The largest absolute Gasteiger partial charge is 0.377 e. The number of ether oxygens (including phenoxy) is 1. The number of nitrogens with one attached hydrogen (secondary N) is 2. The van der Waals surface area contributed by atoms with Crippen molar-refractivity contribution in [3.63, 3.8) is 0 Å². The molecule has 4 aromatic heterocycles. The highest BCUT2D eigenvalue weighted by atomic mass is 32.1. The highest BCUT2D eigenvalue weighted by Crippen LogP contribution is 2.41. The van der Waals surface area contributed by atoms with Crippen molar-refractivity contribution in [2.45, 2.75) is 13.5 Å². The summed E-state index contributed by atoms with van der Waals surface area (Å²) < 4.78 is 7.90. The Bertz CT molecular complexity index is 1560. The Morgan fingerprint density at radius 1 is 0.938 bits per heavy atom. The summed E-state index contributed by atoms with van der Waals surface area (Å²) in [4.78, 5) is 14.7. The molecule has 0 aliphatic rings. The van der Waals surface area contributed by atoms with E-state index in [1.54, 1.807) is 17.7 Å². The first-order valence-electron chi connectivity index (χ1n) is 10.5. The van der Waals surface area contributed by atoms with Gasteiger partial charge in [0, 0.05) is 43.8 Å². The van der Waals surface area contributed by atoms with Gasteiger partial charge in [0.15, 0.2) is 5.82 Å². The molecule has 158 valence electrons. The Labute approximate surface area is 192 Å². The van der Waals surface area contributed by atoms with Crippen LogP contribution < -0.4 is 5.32 Å². The molecule has 7 heteroatoms. The van der Waals surface area contributed by atoms with Crippen LogP contribution in [-0.2, 0) is 11.3 Å². The van der Waals surface area contributed by atoms with Gasteiger partial charge >= 0.3 is 0 Å². The van der Waals surface area contributed by atoms with Crippen molar-refractivity contribution < 1.29 is 4.74 Å². The second-order valence-corrected chi connectivity index (χ2v) is 9.71. The second-order valence-electron chi connectivity index (χ2n) is 7.57. The third-order valence-electron chi connectivity index (χ3n) is 5.42. The maximum Gasteiger partial charge on any atom is 0.151 e. The Morgan fingerprint density at radius 2 is 1.88 bits per heavy atom. The van der Waals surface area contributed by atoms with E-state index < -0.39 is 0 Å². The molecule has 0 spiro atoms. The molecule has 0 amide bonds. The molecule has 2 aromatic carbocycles. The molecule has 2 N–H and O–H groups in total. The molecule has 0 saturated carbocycles. The molecule has 0 atom stereocenters. The van der Waals surface area contributed by atoms with Crippen molar-refractivity contribution in [1.29, 1.82) is 0 Å². The van der Waals surface area contributed by atoms with Crippen molar-refractivity contribution in [2.75, 3.05) is 11.9 Å². The number of anilines is 2. The third kappa shape index (κ3) is 3.54. The average Bonchev–Trinajstić information content (AvgIpc) is 3.54. The first kappa shape index (κ1) is 19.4. The maximum atomic E-state index is 5.56. The van der Waals surface area contributed by atoms with Gasteiger partial charge in [0.2, 0.25) is 0 Å². The predicted molar refractivity (Wildman–Crippen MR) is 135 cm³/mol. The first-order chi connectivity index (χ1) is 15.8. The van der Waals surface area contributed by atoms with E-state index in [4.69, 9.17) is 4.74 Å². The van der Waals surface area contributed by atoms with Crippen LogP contribution in [0.3, 0.4) is 0 Å². The lowest BCUT2D eigenvalue weighted by atomic mass is 10.1. The van der Waals surface area contributed by atoms with Gasteiger partial charge in [-0.25, -0.2) is 9.97 Å². The van der Waals surface area contributed by atoms with Crippen LogP contribution >= 0.6 is 22.7 Å². The normalized spacial score (nSPS) is 11.7. The summed E-state index contributed by atoms with van der Waals surface area (Å²) in [7, 11) is 0. The summed E-state index contributed by atoms with van der Waals surface area (Å²) in [5.41, 5.74) is 4.29. The summed E-state index contributed by atoms with van der Waals surface area (Å²) in [6.07, 6.45) is 3.58. The van der Waals surface area contributed by atoms with E-state index in [1.165, 1.54) is 30.8 Å². The van der Waals surface area contributed by atoms with Gasteiger partial charge in [-0.3, -0.25) is 0 Å². The van der Waals surface area contributed by atoms with E-state index in [1.807, 2.05) is 24.5 Å². The number of nitrogens with zero attached hydrogens (tertiary/aromatic N) is 2. The zero-order valence-corrected chi connectivity index (χ0v) is 19.0. The molecule has 4 heterocycles. The minimum absolute atomic E-state index is 0.652. The van der Waals surface area contributed by atoms with Gasteiger partial charge in [-0.15, -0.1) is 22.7 Å². The number of hydrogen-bond donors (Lipinski definition) is 2. The lowest BCUT2D eigenvalue weighted by Crippen LogP contribution is -1.94. The smallest absolute Gasteiger partial charge is 0.151 e. The summed E-state index contributed by atoms with van der Waals surface area (Å²) in [6, 6.07) is 19.3. The van der Waals surface area contributed by atoms with Crippen LogP contribution in [0.15, 0.2) is 67.1 Å². The zero-order valence-electron chi connectivity index (χ0n) is 17.4. The van der Waals surface area contributed by atoms with Crippen LogP contribution in [0.2, 0.25) is 0 Å². The standard InChI is InChI=1S/C25H20N4OS2/c1-2-30-13-15-3-6-21-17(9-15)11-22(31-21)23-12-20-24(32-23)25(28-14-27-20)29-18-4-5-19-16(10-18)7-8-26-19/h3-12,14,26H,2,13H2,1H3,(H,27,28,29). The number of thiophene rings is 2. The minimum Gasteiger partial charge on any atom is -0.377 e. The van der Waals surface area contributed by atoms with Crippen LogP contribution in [0.5, 0.6) is 0 Å². The van der Waals surface area contributed by atoms with Gasteiger partial charge in [-0.2, -0.15) is 0 Å². The van der Waals surface area contributed by atoms with Gasteiger partial charge in [-0.1, -0.05) is 6.07 Å². The summed E-state index contributed by atoms with van der Waals surface area (Å²) in [5.74, 6) is 0.834. The van der Waals surface area contributed by atoms with Crippen molar-refractivity contribution in [1.82, 2.24) is 15.0 Å². The van der Waals surface area contributed by atoms with Crippen molar-refractivity contribution in [3.05, 3.63) is 72.7 Å². The van der Waals surface area contributed by atoms with E-state index in [0.29, 0.717) is 6.61 Å². The molecule has 6 rings (SSSR count). The quantitative estimate of drug-likeness (QED) is 0.275. The Kier molecular flexibility index (Phi) is 4.87. The molecule has 0 fully saturated rings. The fourth-order valence-electron chi connectivity index (χ4n) is 3.86. The summed E-state index contributed by atoms with van der Waals surface area (Å²) in [5, 5.41) is 5.90. The highest BCUT2D eigenvalue weighted by Gasteiger charge is 2.13. The summed E-state index contributed by atoms with van der Waals surface area (Å²) in [6.45, 7) is 3.40. The number of H-pyrrole nitrogens is 1. The molecule has 0 aliphatic carbocycles. The lowest BCUT2D eigenvalue weighted by molar-refractivity contribution is 0.134. The van der Waals surface area contributed by atoms with Crippen molar-refractivity contribution >= 4 is 65.4 Å². The molecular weight excluding hydrogens is 436 g/mol. The highest BCUT2D eigenvalue weighted by molar-refractivity contribution is 7.28. The maximum absolute atomic E-state index is 5.56. The van der Waals surface area contributed by atoms with Gasteiger partial charge in [-0.05, 0) is 66.4 Å². The van der Waals surface area contributed by atoms with Gasteiger partial charge in [0.25, 0.3) is 0 Å². The molecule has 0 bridgehead atoms. The van der Waals surface area contributed by atoms with E-state index in [9.17, 15) is 0 Å². The number of benzene rings is 2. The lowest BCUT2D eigenvalue weighted by Gasteiger charge is -2.06. The molecule has 0 radical (unpaired) electrons. The van der Waals surface area contributed by atoms with Gasteiger partial charge in [0.1, 0.15) is 6.33 Å². The van der Waals surface area contributed by atoms with E-state index in [-0.39, 0.29) is 0 Å². The van der Waals surface area contributed by atoms with Crippen LogP contribution in [0.4, 0.5) is 11.5 Å². The second kappa shape index (κ2) is 8.02. The molecule has 0 unspecified atom stereocenters. The number of hydrogen-bond acceptors (Lipinski definition) is 6. The van der Waals surface area contributed by atoms with Crippen molar-refractivity contribution in [2.24, 2.45) is 0 Å². The third-order valence-corrected chi connectivity index (χ3v) is 7.87. The molecule has 5 nitrogen and oxygen atoms in total. The number of rotatable bonds is 6. The van der Waals surface area contributed by atoms with Gasteiger partial charge in [0.05, 0.1) is 16.8 Å². The van der Waals surface area contributed by atoms with Crippen LogP contribution in [0.1, 0.15) is 12.5 Å². The molecule has 0 aliphatic heterocycles. The summed E-state index contributed by atoms with van der Waals surface area (Å²) >= 11 is 3.53. The molecule has 32 heavy (non-hydrogen) atoms. The average molecular weight is 457 g/mol. The van der Waals surface area contributed by atoms with E-state index >= 15 is 0 Å². The number of fused-ring (bicyclic) bond motifs is 3. The SMILES string of the molecule is CCOCc1ccc2sc(-c3cc4ncnc(Nc5ccc6[nH]ccc6c5)c4s3)cc2c1. The predicted octanol–water partition coefficient (Wildman–Crippen LogP) is 7.33. The minimum atomic E-state index is 0.652. The van der Waals surface area contributed by atoms with Gasteiger partial charge < -0.3 is 15.0 Å². The Hall–Kier alpha value is -3.26. The fraction of sp³-hybridized carbons (Fsp3) is 0.120. The van der Waals surface area contributed by atoms with Crippen LogP contribution in [-0.4, -0.2) is 21.6 Å². The van der Waals surface area contributed by atoms with E-state index in [2.05, 4.69) is 74.9 Å². The fourth-order valence-corrected chi connectivity index (χ4v) is 6.03. The number of aromatic amines is 1. The zero-order chi connectivity index (χ0) is 21.5. The van der Waals surface area contributed by atoms with Crippen LogP contribution in [0.25, 0.3) is 41.0 Å². The first-order valence-corrected chi connectivity index (χ1v) is 12.1.